The average molecular weight is 209 g/mol. The van der Waals surface area contributed by atoms with E-state index < -0.39 is 0 Å². The summed E-state index contributed by atoms with van der Waals surface area (Å²) in [5.41, 5.74) is 9.62. The van der Waals surface area contributed by atoms with E-state index in [1.807, 2.05) is 24.4 Å². The maximum absolute atomic E-state index is 5.77. The molecule has 0 aliphatic rings. The zero-order valence-electron chi connectivity index (χ0n) is 8.64. The Balaban J connectivity index is 2.29. The third-order valence-corrected chi connectivity index (χ3v) is 2.65. The standard InChI is InChI=1S/C13H11N3/c14-9-4-6-16-13(8-9)10-2-1-3-12-11(10)5-7-15-12/h1-8,15H,(H2,14,16). The summed E-state index contributed by atoms with van der Waals surface area (Å²) in [7, 11) is 0. The minimum absolute atomic E-state index is 0.734. The first-order chi connectivity index (χ1) is 7.84. The van der Waals surface area contributed by atoms with Gasteiger partial charge in [0.15, 0.2) is 0 Å². The van der Waals surface area contributed by atoms with Gasteiger partial charge in [0.25, 0.3) is 0 Å². The second-order valence-electron chi connectivity index (χ2n) is 3.72. The van der Waals surface area contributed by atoms with E-state index >= 15 is 0 Å². The number of nitrogens with zero attached hydrogens (tertiary/aromatic N) is 1. The van der Waals surface area contributed by atoms with Gasteiger partial charge in [0, 0.05) is 34.5 Å². The summed E-state index contributed by atoms with van der Waals surface area (Å²) >= 11 is 0. The molecule has 16 heavy (non-hydrogen) atoms. The Labute approximate surface area is 92.9 Å². The minimum atomic E-state index is 0.734. The van der Waals surface area contributed by atoms with Crippen LogP contribution in [0.15, 0.2) is 48.8 Å². The molecule has 0 unspecified atom stereocenters. The molecule has 3 aromatic rings. The summed E-state index contributed by atoms with van der Waals surface area (Å²) < 4.78 is 0. The molecule has 0 fully saturated rings. The average Bonchev–Trinajstić information content (AvgIpc) is 2.76. The molecule has 0 bridgehead atoms. The van der Waals surface area contributed by atoms with Crippen LogP contribution in [0, 0.1) is 0 Å². The fraction of sp³-hybridized carbons (Fsp3) is 0. The number of hydrogen-bond donors (Lipinski definition) is 2. The van der Waals surface area contributed by atoms with Crippen LogP contribution in [-0.4, -0.2) is 9.97 Å². The summed E-state index contributed by atoms with van der Waals surface area (Å²) in [6.07, 6.45) is 3.66. The molecule has 0 saturated carbocycles. The van der Waals surface area contributed by atoms with E-state index in [1.54, 1.807) is 12.3 Å². The largest absolute Gasteiger partial charge is 0.399 e. The Hall–Kier alpha value is -2.29. The SMILES string of the molecule is Nc1ccnc(-c2cccc3[nH]ccc23)c1. The molecule has 3 nitrogen and oxygen atoms in total. The highest BCUT2D eigenvalue weighted by molar-refractivity contribution is 5.94. The molecular weight excluding hydrogens is 198 g/mol. The maximum atomic E-state index is 5.77. The molecule has 3 N–H and O–H groups in total. The summed E-state index contributed by atoms with van der Waals surface area (Å²) in [6.45, 7) is 0. The van der Waals surface area contributed by atoms with Gasteiger partial charge in [0.2, 0.25) is 0 Å². The molecule has 3 heteroatoms. The van der Waals surface area contributed by atoms with Crippen LogP contribution in [0.3, 0.4) is 0 Å². The highest BCUT2D eigenvalue weighted by Crippen LogP contribution is 2.27. The molecule has 0 amide bonds. The van der Waals surface area contributed by atoms with E-state index in [0.29, 0.717) is 0 Å². The Morgan fingerprint density at radius 3 is 2.94 bits per heavy atom. The number of fused-ring (bicyclic) bond motifs is 1. The Kier molecular flexibility index (Phi) is 1.90. The quantitative estimate of drug-likeness (QED) is 0.647. The highest BCUT2D eigenvalue weighted by atomic mass is 14.7. The van der Waals surface area contributed by atoms with Crippen LogP contribution in [0.4, 0.5) is 5.69 Å². The monoisotopic (exact) mass is 209 g/mol. The Morgan fingerprint density at radius 1 is 1.12 bits per heavy atom. The van der Waals surface area contributed by atoms with Crippen LogP contribution in [0.2, 0.25) is 0 Å². The molecule has 0 atom stereocenters. The third kappa shape index (κ3) is 1.34. The minimum Gasteiger partial charge on any atom is -0.399 e. The van der Waals surface area contributed by atoms with Crippen LogP contribution < -0.4 is 5.73 Å². The number of H-pyrrole nitrogens is 1. The van der Waals surface area contributed by atoms with Gasteiger partial charge in [-0.2, -0.15) is 0 Å². The molecule has 78 valence electrons. The number of aromatic nitrogens is 2. The second-order valence-corrected chi connectivity index (χ2v) is 3.72. The summed E-state index contributed by atoms with van der Waals surface area (Å²) in [5, 5.41) is 1.17. The molecule has 0 aliphatic heterocycles. The van der Waals surface area contributed by atoms with E-state index in [1.165, 1.54) is 5.39 Å². The fourth-order valence-corrected chi connectivity index (χ4v) is 1.90. The number of nitrogens with one attached hydrogen (secondary N) is 1. The molecule has 0 aliphatic carbocycles. The van der Waals surface area contributed by atoms with Gasteiger partial charge in [-0.3, -0.25) is 4.98 Å². The molecule has 0 saturated heterocycles. The van der Waals surface area contributed by atoms with Crippen molar-refractivity contribution in [3.8, 4) is 11.3 Å². The van der Waals surface area contributed by atoms with Crippen molar-refractivity contribution in [2.45, 2.75) is 0 Å². The lowest BCUT2D eigenvalue weighted by molar-refractivity contribution is 1.33. The number of rotatable bonds is 1. The fourth-order valence-electron chi connectivity index (χ4n) is 1.90. The first kappa shape index (κ1) is 8.97. The van der Waals surface area contributed by atoms with Gasteiger partial charge in [0.1, 0.15) is 0 Å². The molecule has 2 aromatic heterocycles. The number of pyridine rings is 1. The van der Waals surface area contributed by atoms with E-state index in [0.717, 1.165) is 22.5 Å². The van der Waals surface area contributed by atoms with Crippen LogP contribution in [0.5, 0.6) is 0 Å². The Morgan fingerprint density at radius 2 is 2.06 bits per heavy atom. The van der Waals surface area contributed by atoms with Crippen LogP contribution in [0.1, 0.15) is 0 Å². The van der Waals surface area contributed by atoms with E-state index in [4.69, 9.17) is 5.73 Å². The molecule has 0 spiro atoms. The van der Waals surface area contributed by atoms with Crippen molar-refractivity contribution in [1.82, 2.24) is 9.97 Å². The lowest BCUT2D eigenvalue weighted by Crippen LogP contribution is -1.88. The summed E-state index contributed by atoms with van der Waals surface area (Å²) in [6, 6.07) is 11.8. The van der Waals surface area contributed by atoms with Gasteiger partial charge in [-0.1, -0.05) is 12.1 Å². The highest BCUT2D eigenvalue weighted by Gasteiger charge is 2.05. The zero-order chi connectivity index (χ0) is 11.0. The number of benzene rings is 1. The number of aromatic amines is 1. The van der Waals surface area contributed by atoms with Gasteiger partial charge in [-0.05, 0) is 24.3 Å². The molecule has 1 aromatic carbocycles. The molecule has 3 rings (SSSR count). The third-order valence-electron chi connectivity index (χ3n) is 2.65. The van der Waals surface area contributed by atoms with Crippen molar-refractivity contribution in [2.24, 2.45) is 0 Å². The van der Waals surface area contributed by atoms with Gasteiger partial charge < -0.3 is 10.7 Å². The van der Waals surface area contributed by atoms with Crippen molar-refractivity contribution in [2.75, 3.05) is 5.73 Å². The van der Waals surface area contributed by atoms with Crippen molar-refractivity contribution in [1.29, 1.82) is 0 Å². The first-order valence-corrected chi connectivity index (χ1v) is 5.12. The lowest BCUT2D eigenvalue weighted by Gasteiger charge is -2.03. The second kappa shape index (κ2) is 3.38. The van der Waals surface area contributed by atoms with Crippen molar-refractivity contribution < 1.29 is 0 Å². The van der Waals surface area contributed by atoms with Crippen molar-refractivity contribution in [3.05, 3.63) is 48.8 Å². The van der Waals surface area contributed by atoms with Gasteiger partial charge in [-0.15, -0.1) is 0 Å². The smallest absolute Gasteiger partial charge is 0.0729 e. The number of hydrogen-bond acceptors (Lipinski definition) is 2. The number of nitrogen functional groups attached to an aromatic ring is 1. The van der Waals surface area contributed by atoms with Crippen LogP contribution >= 0.6 is 0 Å². The van der Waals surface area contributed by atoms with Crippen molar-refractivity contribution in [3.63, 3.8) is 0 Å². The van der Waals surface area contributed by atoms with Gasteiger partial charge in [-0.25, -0.2) is 0 Å². The first-order valence-electron chi connectivity index (χ1n) is 5.12. The summed E-state index contributed by atoms with van der Waals surface area (Å²) in [4.78, 5) is 7.53. The topological polar surface area (TPSA) is 54.7 Å². The summed E-state index contributed by atoms with van der Waals surface area (Å²) in [5.74, 6) is 0. The van der Waals surface area contributed by atoms with Crippen LogP contribution in [0.25, 0.3) is 22.2 Å². The Bertz CT molecular complexity index is 640. The number of anilines is 1. The van der Waals surface area contributed by atoms with Gasteiger partial charge >= 0.3 is 0 Å². The normalized spacial score (nSPS) is 10.8. The van der Waals surface area contributed by atoms with E-state index in [-0.39, 0.29) is 0 Å². The van der Waals surface area contributed by atoms with Crippen molar-refractivity contribution >= 4 is 16.6 Å². The molecule has 2 heterocycles. The maximum Gasteiger partial charge on any atom is 0.0729 e. The number of nitrogens with two attached hydrogens (primary N) is 1. The predicted octanol–water partition coefficient (Wildman–Crippen LogP) is 2.81. The van der Waals surface area contributed by atoms with E-state index in [9.17, 15) is 0 Å². The van der Waals surface area contributed by atoms with E-state index in [2.05, 4.69) is 22.1 Å². The zero-order valence-corrected chi connectivity index (χ0v) is 8.64. The van der Waals surface area contributed by atoms with Crippen LogP contribution in [-0.2, 0) is 0 Å². The van der Waals surface area contributed by atoms with Gasteiger partial charge in [0.05, 0.1) is 5.69 Å². The lowest BCUT2D eigenvalue weighted by atomic mass is 10.1. The predicted molar refractivity (Wildman–Crippen MR) is 65.9 cm³/mol. The molecular formula is C13H11N3. The molecule has 0 radical (unpaired) electrons.